The second-order valence-corrected chi connectivity index (χ2v) is 7.57. The molecule has 164 valence electrons. The average Bonchev–Trinajstić information content (AvgIpc) is 3.26. The fourth-order valence-electron chi connectivity index (χ4n) is 3.96. The van der Waals surface area contributed by atoms with Crippen molar-refractivity contribution in [3.8, 4) is 16.9 Å². The molecule has 1 heterocycles. The summed E-state index contributed by atoms with van der Waals surface area (Å²) < 4.78 is 27.0. The van der Waals surface area contributed by atoms with E-state index in [-0.39, 0.29) is 25.4 Å². The second-order valence-electron chi connectivity index (χ2n) is 7.57. The molecular formula is C26H24FNO4. The number of para-hydroxylation sites is 1. The third kappa shape index (κ3) is 4.22. The molecule has 0 spiro atoms. The number of rotatable bonds is 8. The van der Waals surface area contributed by atoms with Crippen molar-refractivity contribution in [3.05, 3.63) is 88.9 Å². The Kier molecular flexibility index (Phi) is 6.23. The van der Waals surface area contributed by atoms with E-state index >= 15 is 4.39 Å². The number of nitrogens with two attached hydrogens (primary N) is 1. The van der Waals surface area contributed by atoms with Crippen molar-refractivity contribution >= 4 is 16.9 Å². The van der Waals surface area contributed by atoms with E-state index in [2.05, 4.69) is 0 Å². The highest BCUT2D eigenvalue weighted by Gasteiger charge is 2.18. The number of halogens is 1. The van der Waals surface area contributed by atoms with E-state index in [0.717, 1.165) is 16.5 Å². The van der Waals surface area contributed by atoms with Crippen molar-refractivity contribution in [3.63, 3.8) is 0 Å². The third-order valence-electron chi connectivity index (χ3n) is 5.53. The number of aliphatic carboxylic acids is 1. The smallest absolute Gasteiger partial charge is 0.307 e. The fraction of sp³-hybridized carbons (Fsp3) is 0.192. The van der Waals surface area contributed by atoms with E-state index in [1.807, 2.05) is 31.2 Å². The van der Waals surface area contributed by atoms with Gasteiger partial charge in [0, 0.05) is 34.2 Å². The fourth-order valence-corrected chi connectivity index (χ4v) is 3.96. The van der Waals surface area contributed by atoms with Gasteiger partial charge in [0.2, 0.25) is 0 Å². The van der Waals surface area contributed by atoms with Gasteiger partial charge in [0.25, 0.3) is 0 Å². The highest BCUT2D eigenvalue weighted by Crippen LogP contribution is 2.35. The Morgan fingerprint density at radius 3 is 2.66 bits per heavy atom. The maximum absolute atomic E-state index is 15.4. The van der Waals surface area contributed by atoms with E-state index < -0.39 is 5.97 Å². The van der Waals surface area contributed by atoms with Gasteiger partial charge in [0.15, 0.2) is 0 Å². The molecule has 0 amide bonds. The Labute approximate surface area is 185 Å². The maximum Gasteiger partial charge on any atom is 0.307 e. The Morgan fingerprint density at radius 2 is 1.91 bits per heavy atom. The number of benzene rings is 3. The number of aryl methyl sites for hydroxylation is 1. The number of hydrogen-bond donors (Lipinski definition) is 2. The molecule has 0 fully saturated rings. The monoisotopic (exact) mass is 433 g/mol. The largest absolute Gasteiger partial charge is 0.489 e. The molecule has 0 saturated heterocycles. The number of fused-ring (bicyclic) bond motifs is 1. The number of carbonyl (C=O) groups is 1. The second kappa shape index (κ2) is 9.24. The van der Waals surface area contributed by atoms with Gasteiger partial charge in [0.05, 0.1) is 12.7 Å². The molecule has 6 heteroatoms. The van der Waals surface area contributed by atoms with Crippen LogP contribution in [-0.2, 0) is 30.8 Å². The van der Waals surface area contributed by atoms with Gasteiger partial charge in [-0.2, -0.15) is 0 Å². The van der Waals surface area contributed by atoms with E-state index in [9.17, 15) is 4.79 Å². The first-order valence-corrected chi connectivity index (χ1v) is 10.4. The normalized spacial score (nSPS) is 11.1. The van der Waals surface area contributed by atoms with Crippen LogP contribution in [0.1, 0.15) is 29.2 Å². The summed E-state index contributed by atoms with van der Waals surface area (Å²) in [6, 6.07) is 16.3. The van der Waals surface area contributed by atoms with Crippen molar-refractivity contribution in [2.75, 3.05) is 0 Å². The van der Waals surface area contributed by atoms with Crippen LogP contribution >= 0.6 is 0 Å². The molecule has 0 bridgehead atoms. The van der Waals surface area contributed by atoms with Gasteiger partial charge >= 0.3 is 5.97 Å². The van der Waals surface area contributed by atoms with E-state index in [4.69, 9.17) is 20.0 Å². The summed E-state index contributed by atoms with van der Waals surface area (Å²) in [7, 11) is 0. The minimum atomic E-state index is -0.926. The molecule has 3 aromatic carbocycles. The van der Waals surface area contributed by atoms with Crippen molar-refractivity contribution in [2.45, 2.75) is 32.9 Å². The molecule has 5 nitrogen and oxygen atoms in total. The van der Waals surface area contributed by atoms with E-state index in [1.165, 1.54) is 0 Å². The summed E-state index contributed by atoms with van der Waals surface area (Å²) in [4.78, 5) is 11.1. The minimum Gasteiger partial charge on any atom is -0.489 e. The summed E-state index contributed by atoms with van der Waals surface area (Å²) in [5.41, 5.74) is 10.3. The molecule has 1 aromatic heterocycles. The van der Waals surface area contributed by atoms with Crippen molar-refractivity contribution in [1.29, 1.82) is 0 Å². The number of carboxylic acids is 1. The zero-order chi connectivity index (χ0) is 22.7. The van der Waals surface area contributed by atoms with Gasteiger partial charge in [-0.05, 0) is 41.8 Å². The topological polar surface area (TPSA) is 85.7 Å². The standard InChI is InChI=1S/C26H24FNO4/c1-2-17-7-8-20(25(27)22(17)14-28)21-12-16(11-19-9-10-31-26(19)21)15-32-23-6-4-3-5-18(23)13-24(29)30/h3-12H,2,13-15,28H2,1H3,(H,29,30). The first kappa shape index (κ1) is 21.6. The lowest BCUT2D eigenvalue weighted by molar-refractivity contribution is -0.136. The van der Waals surface area contributed by atoms with Gasteiger partial charge in [-0.25, -0.2) is 4.39 Å². The lowest BCUT2D eigenvalue weighted by atomic mass is 9.95. The molecule has 0 atom stereocenters. The third-order valence-corrected chi connectivity index (χ3v) is 5.53. The van der Waals surface area contributed by atoms with Gasteiger partial charge in [0.1, 0.15) is 23.8 Å². The van der Waals surface area contributed by atoms with Gasteiger partial charge in [-0.15, -0.1) is 0 Å². The molecule has 0 aliphatic heterocycles. The number of carboxylic acid groups (broad SMARTS) is 1. The maximum atomic E-state index is 15.4. The van der Waals surface area contributed by atoms with E-state index in [1.54, 1.807) is 36.6 Å². The number of ether oxygens (including phenoxy) is 1. The SMILES string of the molecule is CCc1ccc(-c2cc(COc3ccccc3CC(=O)O)cc3ccoc23)c(F)c1CN. The van der Waals surface area contributed by atoms with Crippen molar-refractivity contribution < 1.29 is 23.4 Å². The van der Waals surface area contributed by atoms with Gasteiger partial charge in [-0.1, -0.05) is 37.3 Å². The highest BCUT2D eigenvalue weighted by atomic mass is 19.1. The van der Waals surface area contributed by atoms with Crippen LogP contribution in [0.15, 0.2) is 65.3 Å². The van der Waals surface area contributed by atoms with Crippen LogP contribution in [0.25, 0.3) is 22.1 Å². The molecule has 32 heavy (non-hydrogen) atoms. The quantitative estimate of drug-likeness (QED) is 0.385. The Bertz CT molecular complexity index is 1280. The zero-order valence-electron chi connectivity index (χ0n) is 17.7. The predicted octanol–water partition coefficient (Wildman–Crippen LogP) is 5.47. The van der Waals surface area contributed by atoms with Crippen LogP contribution in [-0.4, -0.2) is 11.1 Å². The van der Waals surface area contributed by atoms with Crippen molar-refractivity contribution in [1.82, 2.24) is 0 Å². The molecule has 0 aliphatic rings. The Balaban J connectivity index is 1.72. The zero-order valence-corrected chi connectivity index (χ0v) is 17.7. The lowest BCUT2D eigenvalue weighted by Crippen LogP contribution is -2.06. The molecule has 3 N–H and O–H groups in total. The van der Waals surface area contributed by atoms with Crippen LogP contribution in [0.2, 0.25) is 0 Å². The van der Waals surface area contributed by atoms with Crippen LogP contribution < -0.4 is 10.5 Å². The summed E-state index contributed by atoms with van der Waals surface area (Å²) in [5, 5.41) is 9.96. The van der Waals surface area contributed by atoms with Gasteiger partial charge < -0.3 is 20.0 Å². The first-order chi connectivity index (χ1) is 15.5. The van der Waals surface area contributed by atoms with Crippen LogP contribution in [0, 0.1) is 5.82 Å². The molecule has 0 unspecified atom stereocenters. The molecule has 4 aromatic rings. The highest BCUT2D eigenvalue weighted by molar-refractivity contribution is 5.93. The molecular weight excluding hydrogens is 409 g/mol. The Hall–Kier alpha value is -3.64. The average molecular weight is 433 g/mol. The minimum absolute atomic E-state index is 0.118. The summed E-state index contributed by atoms with van der Waals surface area (Å²) in [5.74, 6) is -0.757. The molecule has 0 aliphatic carbocycles. The van der Waals surface area contributed by atoms with Crippen LogP contribution in [0.5, 0.6) is 5.75 Å². The number of furan rings is 1. The van der Waals surface area contributed by atoms with E-state index in [0.29, 0.717) is 40.0 Å². The molecule has 0 saturated carbocycles. The first-order valence-electron chi connectivity index (χ1n) is 10.4. The summed E-state index contributed by atoms with van der Waals surface area (Å²) in [6.45, 7) is 2.29. The lowest BCUT2D eigenvalue weighted by Gasteiger charge is -2.14. The van der Waals surface area contributed by atoms with Gasteiger partial charge in [-0.3, -0.25) is 4.79 Å². The van der Waals surface area contributed by atoms with Crippen LogP contribution in [0.4, 0.5) is 4.39 Å². The van der Waals surface area contributed by atoms with Crippen molar-refractivity contribution in [2.24, 2.45) is 5.73 Å². The van der Waals surface area contributed by atoms with Crippen LogP contribution in [0.3, 0.4) is 0 Å². The predicted molar refractivity (Wildman–Crippen MR) is 121 cm³/mol. The summed E-state index contributed by atoms with van der Waals surface area (Å²) in [6.07, 6.45) is 2.14. The Morgan fingerprint density at radius 1 is 1.09 bits per heavy atom. The molecule has 4 rings (SSSR count). The summed E-state index contributed by atoms with van der Waals surface area (Å²) >= 11 is 0. The number of hydrogen-bond acceptors (Lipinski definition) is 4. The molecule has 0 radical (unpaired) electrons.